The summed E-state index contributed by atoms with van der Waals surface area (Å²) in [6, 6.07) is 4.71. The van der Waals surface area contributed by atoms with E-state index >= 15 is 0 Å². The van der Waals surface area contributed by atoms with E-state index in [0.717, 1.165) is 6.42 Å². The topological polar surface area (TPSA) is 58.6 Å². The summed E-state index contributed by atoms with van der Waals surface area (Å²) in [5.74, 6) is 0.187. The van der Waals surface area contributed by atoms with E-state index in [9.17, 15) is 9.90 Å². The molecule has 0 fully saturated rings. The summed E-state index contributed by atoms with van der Waals surface area (Å²) >= 11 is 0. The molecular formula is C12H17NO3. The Morgan fingerprint density at radius 1 is 1.56 bits per heavy atom. The number of nitrogens with one attached hydrogen (secondary N) is 1. The first-order valence-corrected chi connectivity index (χ1v) is 5.26. The third-order valence-electron chi connectivity index (χ3n) is 2.44. The Kier molecular flexibility index (Phi) is 4.17. The molecule has 88 valence electrons. The molecule has 1 aromatic rings. The number of phenolic OH excluding ortho intramolecular Hbond substituents is 1. The molecule has 0 saturated heterocycles. The average Bonchev–Trinajstić information content (AvgIpc) is 2.28. The van der Waals surface area contributed by atoms with Crippen LogP contribution in [0.5, 0.6) is 11.5 Å². The summed E-state index contributed by atoms with van der Waals surface area (Å²) in [4.78, 5) is 11.7. The molecule has 16 heavy (non-hydrogen) atoms. The summed E-state index contributed by atoms with van der Waals surface area (Å²) in [5, 5.41) is 12.4. The highest BCUT2D eigenvalue weighted by molar-refractivity contribution is 5.97. The van der Waals surface area contributed by atoms with Crippen LogP contribution in [0.4, 0.5) is 0 Å². The molecule has 1 rings (SSSR count). The van der Waals surface area contributed by atoms with Crippen LogP contribution < -0.4 is 10.1 Å². The van der Waals surface area contributed by atoms with Gasteiger partial charge in [-0.2, -0.15) is 0 Å². The van der Waals surface area contributed by atoms with Gasteiger partial charge in [0.25, 0.3) is 5.91 Å². The van der Waals surface area contributed by atoms with E-state index in [1.54, 1.807) is 12.1 Å². The van der Waals surface area contributed by atoms with Crippen molar-refractivity contribution in [2.45, 2.75) is 26.3 Å². The maximum absolute atomic E-state index is 11.7. The van der Waals surface area contributed by atoms with Crippen molar-refractivity contribution in [2.75, 3.05) is 7.11 Å². The first-order valence-electron chi connectivity index (χ1n) is 5.26. The minimum Gasteiger partial charge on any atom is -0.507 e. The van der Waals surface area contributed by atoms with Crippen LogP contribution in [0.1, 0.15) is 30.6 Å². The molecule has 1 aromatic carbocycles. The lowest BCUT2D eigenvalue weighted by Crippen LogP contribution is -2.31. The quantitative estimate of drug-likeness (QED) is 0.820. The highest BCUT2D eigenvalue weighted by Gasteiger charge is 2.13. The van der Waals surface area contributed by atoms with Gasteiger partial charge in [-0.25, -0.2) is 0 Å². The Morgan fingerprint density at radius 3 is 2.75 bits per heavy atom. The number of benzene rings is 1. The molecular weight excluding hydrogens is 206 g/mol. The second-order valence-electron chi connectivity index (χ2n) is 3.67. The van der Waals surface area contributed by atoms with Gasteiger partial charge in [-0.05, 0) is 25.5 Å². The number of hydrogen-bond donors (Lipinski definition) is 2. The fraction of sp³-hybridized carbons (Fsp3) is 0.417. The molecule has 2 N–H and O–H groups in total. The zero-order chi connectivity index (χ0) is 12.1. The van der Waals surface area contributed by atoms with Gasteiger partial charge in [0.05, 0.1) is 12.7 Å². The van der Waals surface area contributed by atoms with Crippen molar-refractivity contribution >= 4 is 5.91 Å². The Labute approximate surface area is 95.2 Å². The van der Waals surface area contributed by atoms with E-state index in [4.69, 9.17) is 4.74 Å². The van der Waals surface area contributed by atoms with E-state index in [2.05, 4.69) is 5.32 Å². The number of amides is 1. The summed E-state index contributed by atoms with van der Waals surface area (Å²) in [6.07, 6.45) is 0.850. The van der Waals surface area contributed by atoms with Crippen molar-refractivity contribution in [1.29, 1.82) is 0 Å². The van der Waals surface area contributed by atoms with E-state index < -0.39 is 0 Å². The molecule has 0 aromatic heterocycles. The van der Waals surface area contributed by atoms with Gasteiger partial charge < -0.3 is 15.2 Å². The molecule has 0 bridgehead atoms. The molecule has 1 amide bonds. The zero-order valence-electron chi connectivity index (χ0n) is 9.78. The number of ether oxygens (including phenoxy) is 1. The Hall–Kier alpha value is -1.71. The van der Waals surface area contributed by atoms with Crippen LogP contribution >= 0.6 is 0 Å². The molecule has 0 spiro atoms. The lowest BCUT2D eigenvalue weighted by molar-refractivity contribution is 0.0936. The normalized spacial score (nSPS) is 11.9. The maximum Gasteiger partial charge on any atom is 0.255 e. The summed E-state index contributed by atoms with van der Waals surface area (Å²) in [5.41, 5.74) is 0.265. The molecule has 0 unspecified atom stereocenters. The van der Waals surface area contributed by atoms with Crippen LogP contribution in [0, 0.1) is 0 Å². The molecule has 0 saturated carbocycles. The number of aromatic hydroxyl groups is 1. The van der Waals surface area contributed by atoms with E-state index in [-0.39, 0.29) is 23.3 Å². The van der Waals surface area contributed by atoms with Crippen LogP contribution in [-0.2, 0) is 0 Å². The van der Waals surface area contributed by atoms with E-state index in [1.807, 2.05) is 13.8 Å². The highest BCUT2D eigenvalue weighted by atomic mass is 16.5. The first-order chi connectivity index (χ1) is 7.58. The standard InChI is InChI=1S/C12H17NO3/c1-4-8(2)13-12(15)10-6-5-9(16-3)7-11(10)14/h5-8,14H,4H2,1-3H3,(H,13,15)/t8-/m1/s1. The average molecular weight is 223 g/mol. The molecule has 0 aliphatic rings. The van der Waals surface area contributed by atoms with Crippen molar-refractivity contribution in [1.82, 2.24) is 5.32 Å². The van der Waals surface area contributed by atoms with Crippen molar-refractivity contribution in [3.05, 3.63) is 23.8 Å². The number of carbonyl (C=O) groups is 1. The summed E-state index contributed by atoms with van der Waals surface area (Å²) < 4.78 is 4.94. The van der Waals surface area contributed by atoms with Crippen molar-refractivity contribution in [2.24, 2.45) is 0 Å². The van der Waals surface area contributed by atoms with Gasteiger partial charge in [0, 0.05) is 12.1 Å². The Balaban J connectivity index is 2.84. The molecule has 4 nitrogen and oxygen atoms in total. The fourth-order valence-electron chi connectivity index (χ4n) is 1.23. The number of methoxy groups -OCH3 is 1. The molecule has 0 aliphatic carbocycles. The van der Waals surface area contributed by atoms with Crippen LogP contribution in [-0.4, -0.2) is 24.2 Å². The number of rotatable bonds is 4. The Morgan fingerprint density at radius 2 is 2.25 bits per heavy atom. The third kappa shape index (κ3) is 2.89. The minimum absolute atomic E-state index is 0.0693. The van der Waals surface area contributed by atoms with Gasteiger partial charge in [0.15, 0.2) is 0 Å². The van der Waals surface area contributed by atoms with E-state index in [0.29, 0.717) is 5.75 Å². The molecule has 1 atom stereocenters. The number of hydrogen-bond acceptors (Lipinski definition) is 3. The lowest BCUT2D eigenvalue weighted by Gasteiger charge is -2.12. The van der Waals surface area contributed by atoms with Gasteiger partial charge in [0.1, 0.15) is 11.5 Å². The molecule has 0 heterocycles. The zero-order valence-corrected chi connectivity index (χ0v) is 9.78. The SMILES string of the molecule is CC[C@@H](C)NC(=O)c1ccc(OC)cc1O. The van der Waals surface area contributed by atoms with Crippen LogP contribution in [0.2, 0.25) is 0 Å². The van der Waals surface area contributed by atoms with Gasteiger partial charge >= 0.3 is 0 Å². The van der Waals surface area contributed by atoms with Gasteiger partial charge in [0.2, 0.25) is 0 Å². The first kappa shape index (κ1) is 12.4. The van der Waals surface area contributed by atoms with E-state index in [1.165, 1.54) is 13.2 Å². The summed E-state index contributed by atoms with van der Waals surface area (Å²) in [7, 11) is 1.51. The van der Waals surface area contributed by atoms with Gasteiger partial charge in [-0.15, -0.1) is 0 Å². The number of carbonyl (C=O) groups excluding carboxylic acids is 1. The van der Waals surface area contributed by atoms with Crippen LogP contribution in [0.25, 0.3) is 0 Å². The van der Waals surface area contributed by atoms with Crippen molar-refractivity contribution in [3.63, 3.8) is 0 Å². The maximum atomic E-state index is 11.7. The van der Waals surface area contributed by atoms with Crippen LogP contribution in [0.3, 0.4) is 0 Å². The Bertz CT molecular complexity index is 377. The summed E-state index contributed by atoms with van der Waals surface area (Å²) in [6.45, 7) is 3.90. The predicted octanol–water partition coefficient (Wildman–Crippen LogP) is 1.93. The monoisotopic (exact) mass is 223 g/mol. The van der Waals surface area contributed by atoms with Crippen LogP contribution in [0.15, 0.2) is 18.2 Å². The number of phenols is 1. The smallest absolute Gasteiger partial charge is 0.255 e. The largest absolute Gasteiger partial charge is 0.507 e. The molecule has 0 radical (unpaired) electrons. The molecule has 0 aliphatic heterocycles. The van der Waals surface area contributed by atoms with Crippen molar-refractivity contribution in [3.8, 4) is 11.5 Å². The highest BCUT2D eigenvalue weighted by Crippen LogP contribution is 2.23. The molecule has 4 heteroatoms. The third-order valence-corrected chi connectivity index (χ3v) is 2.44. The fourth-order valence-corrected chi connectivity index (χ4v) is 1.23. The minimum atomic E-state index is -0.269. The predicted molar refractivity (Wildman–Crippen MR) is 61.9 cm³/mol. The second-order valence-corrected chi connectivity index (χ2v) is 3.67. The second kappa shape index (κ2) is 5.39. The van der Waals surface area contributed by atoms with Crippen molar-refractivity contribution < 1.29 is 14.6 Å². The van der Waals surface area contributed by atoms with Gasteiger partial charge in [-0.3, -0.25) is 4.79 Å². The van der Waals surface area contributed by atoms with Gasteiger partial charge in [-0.1, -0.05) is 6.92 Å². The lowest BCUT2D eigenvalue weighted by atomic mass is 10.1.